The number of alkyl halides is 3. The van der Waals surface area contributed by atoms with E-state index in [1.165, 1.54) is 6.07 Å². The van der Waals surface area contributed by atoms with Crippen molar-refractivity contribution in [2.75, 3.05) is 13.2 Å². The summed E-state index contributed by atoms with van der Waals surface area (Å²) in [6, 6.07) is 5.16. The zero-order chi connectivity index (χ0) is 14.3. The second kappa shape index (κ2) is 7.64. The van der Waals surface area contributed by atoms with Gasteiger partial charge in [0.1, 0.15) is 0 Å². The molecule has 0 heterocycles. The molecule has 0 saturated heterocycles. The Morgan fingerprint density at radius 3 is 2.32 bits per heavy atom. The van der Waals surface area contributed by atoms with E-state index in [0.717, 1.165) is 12.1 Å². The molecular weight excluding hydrogens is 277 g/mol. The Morgan fingerprint density at radius 1 is 1.16 bits per heavy atom. The van der Waals surface area contributed by atoms with Crippen molar-refractivity contribution in [1.82, 2.24) is 0 Å². The van der Waals surface area contributed by atoms with Gasteiger partial charge >= 0.3 is 6.18 Å². The first-order chi connectivity index (χ1) is 8.97. The van der Waals surface area contributed by atoms with Crippen molar-refractivity contribution < 1.29 is 27.1 Å². The van der Waals surface area contributed by atoms with Gasteiger partial charge in [0.05, 0.1) is 5.56 Å². The molecule has 0 aliphatic rings. The highest BCUT2D eigenvalue weighted by Gasteiger charge is 2.30. The summed E-state index contributed by atoms with van der Waals surface area (Å²) in [6.07, 6.45) is -4.33. The third-order valence-corrected chi connectivity index (χ3v) is 3.46. The second-order valence-corrected chi connectivity index (χ2v) is 5.15. The van der Waals surface area contributed by atoms with Crippen LogP contribution in [0.1, 0.15) is 19.4 Å². The summed E-state index contributed by atoms with van der Waals surface area (Å²) >= 11 is 0. The third kappa shape index (κ3) is 5.73. The predicted octanol–water partition coefficient (Wildman–Crippen LogP) is 1.79. The van der Waals surface area contributed by atoms with Gasteiger partial charge in [0, 0.05) is 13.2 Å². The predicted molar refractivity (Wildman–Crippen MR) is 67.7 cm³/mol. The lowest BCUT2D eigenvalue weighted by atomic mass is 10.2. The zero-order valence-electron chi connectivity index (χ0n) is 10.9. The molecule has 0 atom stereocenters. The van der Waals surface area contributed by atoms with E-state index >= 15 is 0 Å². The molecule has 0 radical (unpaired) electrons. The van der Waals surface area contributed by atoms with Crippen LogP contribution < -0.4 is 5.19 Å². The highest BCUT2D eigenvalue weighted by atomic mass is 28.2. The van der Waals surface area contributed by atoms with E-state index in [4.69, 9.17) is 13.9 Å². The van der Waals surface area contributed by atoms with Gasteiger partial charge < -0.3 is 13.9 Å². The van der Waals surface area contributed by atoms with Crippen molar-refractivity contribution >= 4 is 14.9 Å². The van der Waals surface area contributed by atoms with Crippen molar-refractivity contribution in [2.24, 2.45) is 0 Å². The number of hydrogen-bond acceptors (Lipinski definition) is 3. The van der Waals surface area contributed by atoms with E-state index in [9.17, 15) is 13.2 Å². The Labute approximate surface area is 112 Å². The Morgan fingerprint density at radius 2 is 1.79 bits per heavy atom. The van der Waals surface area contributed by atoms with Crippen LogP contribution in [0.4, 0.5) is 13.2 Å². The molecule has 1 rings (SSSR count). The van der Waals surface area contributed by atoms with Gasteiger partial charge in [0.25, 0.3) is 6.48 Å². The van der Waals surface area contributed by atoms with Crippen LogP contribution in [0.3, 0.4) is 0 Å². The lowest BCUT2D eigenvalue weighted by Crippen LogP contribution is -2.29. The van der Waals surface area contributed by atoms with E-state index in [2.05, 4.69) is 0 Å². The molecule has 0 aliphatic heterocycles. The van der Waals surface area contributed by atoms with E-state index in [1.807, 2.05) is 0 Å². The van der Waals surface area contributed by atoms with Crippen LogP contribution in [0.2, 0.25) is 0 Å². The first-order valence-electron chi connectivity index (χ1n) is 5.98. The molecule has 1 aromatic rings. The molecule has 0 spiro atoms. The summed E-state index contributed by atoms with van der Waals surface area (Å²) in [4.78, 5) is 0. The van der Waals surface area contributed by atoms with Crippen molar-refractivity contribution in [3.63, 3.8) is 0 Å². The Hall–Kier alpha value is -0.893. The third-order valence-electron chi connectivity index (χ3n) is 2.25. The summed E-state index contributed by atoms with van der Waals surface area (Å²) in [5, 5.41) is 0.555. The van der Waals surface area contributed by atoms with Gasteiger partial charge in [0.2, 0.25) is 0 Å². The van der Waals surface area contributed by atoms with E-state index < -0.39 is 28.0 Å². The van der Waals surface area contributed by atoms with Gasteiger partial charge in [-0.1, -0.05) is 18.2 Å². The molecule has 7 heteroatoms. The number of ether oxygens (including phenoxy) is 2. The maximum absolute atomic E-state index is 12.5. The topological polar surface area (TPSA) is 27.7 Å². The molecule has 0 fully saturated rings. The summed E-state index contributed by atoms with van der Waals surface area (Å²) < 4.78 is 53.3. The van der Waals surface area contributed by atoms with E-state index in [-0.39, 0.29) is 0 Å². The van der Waals surface area contributed by atoms with Crippen LogP contribution in [0.25, 0.3) is 0 Å². The first-order valence-corrected chi connectivity index (χ1v) is 7.26. The average molecular weight is 294 g/mol. The smallest absolute Gasteiger partial charge is 0.373 e. The van der Waals surface area contributed by atoms with Crippen molar-refractivity contribution in [3.05, 3.63) is 29.8 Å². The van der Waals surface area contributed by atoms with Gasteiger partial charge in [-0.2, -0.15) is 13.2 Å². The van der Waals surface area contributed by atoms with Gasteiger partial charge in [-0.15, -0.1) is 0 Å². The average Bonchev–Trinajstić information content (AvgIpc) is 2.36. The SMILES string of the molecule is CCOC(OCC)O[SiH2]c1cccc(C(F)(F)F)c1. The maximum Gasteiger partial charge on any atom is 0.416 e. The normalized spacial score (nSPS) is 12.7. The zero-order valence-corrected chi connectivity index (χ0v) is 12.3. The molecule has 3 nitrogen and oxygen atoms in total. The highest BCUT2D eigenvalue weighted by molar-refractivity contribution is 6.46. The molecule has 0 aliphatic carbocycles. The Bertz CT molecular complexity index is 379. The number of benzene rings is 1. The summed E-state index contributed by atoms with van der Waals surface area (Å²) in [7, 11) is -1.33. The van der Waals surface area contributed by atoms with Crippen molar-refractivity contribution in [2.45, 2.75) is 26.5 Å². The molecule has 0 saturated carbocycles. The summed E-state index contributed by atoms with van der Waals surface area (Å²) in [5.41, 5.74) is -0.662. The molecule has 19 heavy (non-hydrogen) atoms. The Kier molecular flexibility index (Phi) is 6.50. The molecule has 0 aromatic heterocycles. The molecule has 0 amide bonds. The fraction of sp³-hybridized carbons (Fsp3) is 0.500. The Balaban J connectivity index is 2.61. The van der Waals surface area contributed by atoms with Crippen molar-refractivity contribution in [1.29, 1.82) is 0 Å². The van der Waals surface area contributed by atoms with Crippen LogP contribution in [0, 0.1) is 0 Å². The second-order valence-electron chi connectivity index (χ2n) is 3.71. The minimum Gasteiger partial charge on any atom is -0.373 e. The fourth-order valence-electron chi connectivity index (χ4n) is 1.42. The lowest BCUT2D eigenvalue weighted by Gasteiger charge is -2.17. The number of hydrogen-bond donors (Lipinski definition) is 0. The molecule has 1 aromatic carbocycles. The van der Waals surface area contributed by atoms with Crippen LogP contribution in [-0.4, -0.2) is 29.5 Å². The lowest BCUT2D eigenvalue weighted by molar-refractivity contribution is -0.242. The van der Waals surface area contributed by atoms with Crippen LogP contribution in [-0.2, 0) is 20.1 Å². The molecule has 0 N–H and O–H groups in total. The van der Waals surface area contributed by atoms with Crippen LogP contribution in [0.5, 0.6) is 0 Å². The molecule has 0 bridgehead atoms. The van der Waals surface area contributed by atoms with Gasteiger partial charge in [-0.3, -0.25) is 0 Å². The number of rotatable bonds is 7. The van der Waals surface area contributed by atoms with Gasteiger partial charge in [0.15, 0.2) is 9.76 Å². The van der Waals surface area contributed by atoms with E-state index in [1.54, 1.807) is 19.9 Å². The minimum atomic E-state index is -4.33. The highest BCUT2D eigenvalue weighted by Crippen LogP contribution is 2.27. The first kappa shape index (κ1) is 16.2. The van der Waals surface area contributed by atoms with Gasteiger partial charge in [-0.05, 0) is 25.1 Å². The fourth-order valence-corrected chi connectivity index (χ4v) is 2.47. The van der Waals surface area contributed by atoms with Crippen molar-refractivity contribution in [3.8, 4) is 0 Å². The maximum atomic E-state index is 12.5. The number of halogens is 3. The standard InChI is InChI=1S/C12H17F3O3Si/c1-3-16-11(17-4-2)18-19-10-7-5-6-9(8-10)12(13,14)15/h5-8,11H,3-4,19H2,1-2H3. The molecule has 0 unspecified atom stereocenters. The quantitative estimate of drug-likeness (QED) is 0.567. The van der Waals surface area contributed by atoms with Gasteiger partial charge in [-0.25, -0.2) is 0 Å². The van der Waals surface area contributed by atoms with Crippen LogP contribution in [0.15, 0.2) is 24.3 Å². The van der Waals surface area contributed by atoms with Crippen LogP contribution >= 0.6 is 0 Å². The van der Waals surface area contributed by atoms with E-state index in [0.29, 0.717) is 18.4 Å². The monoisotopic (exact) mass is 294 g/mol. The molecular formula is C12H17F3O3Si. The molecule has 108 valence electrons. The summed E-state index contributed by atoms with van der Waals surface area (Å²) in [5.74, 6) is 0. The summed E-state index contributed by atoms with van der Waals surface area (Å²) in [6.45, 7) is 3.63. The largest absolute Gasteiger partial charge is 0.416 e. The minimum absolute atomic E-state index is 0.418.